The number of benzene rings is 1. The van der Waals surface area contributed by atoms with Crippen molar-refractivity contribution in [2.24, 2.45) is 5.41 Å². The molecule has 1 atom stereocenters. The van der Waals surface area contributed by atoms with Crippen molar-refractivity contribution in [3.8, 4) is 5.75 Å². The monoisotopic (exact) mass is 287 g/mol. The van der Waals surface area contributed by atoms with Crippen molar-refractivity contribution in [3.63, 3.8) is 0 Å². The lowest BCUT2D eigenvalue weighted by Gasteiger charge is -2.37. The molecule has 1 aromatic rings. The van der Waals surface area contributed by atoms with E-state index in [2.05, 4.69) is 37.4 Å². The lowest BCUT2D eigenvalue weighted by atomic mass is 9.75. The number of ether oxygens (including phenoxy) is 1. The molecule has 1 saturated carbocycles. The van der Waals surface area contributed by atoms with Gasteiger partial charge < -0.3 is 10.1 Å². The third kappa shape index (κ3) is 3.60. The SMILES string of the molecule is COc1ccc2c(c1)CC(NC1CCC(C)(C)CC1)CC2. The highest BCUT2D eigenvalue weighted by atomic mass is 16.5. The van der Waals surface area contributed by atoms with Crippen LogP contribution in [0, 0.1) is 5.41 Å². The van der Waals surface area contributed by atoms with Gasteiger partial charge in [-0.25, -0.2) is 0 Å². The molecule has 21 heavy (non-hydrogen) atoms. The molecule has 1 N–H and O–H groups in total. The van der Waals surface area contributed by atoms with E-state index in [4.69, 9.17) is 4.74 Å². The average Bonchev–Trinajstić information content (AvgIpc) is 2.48. The summed E-state index contributed by atoms with van der Waals surface area (Å²) in [5.41, 5.74) is 3.55. The Hall–Kier alpha value is -1.02. The molecule has 0 amide bonds. The van der Waals surface area contributed by atoms with Crippen LogP contribution in [0.25, 0.3) is 0 Å². The van der Waals surface area contributed by atoms with E-state index in [-0.39, 0.29) is 0 Å². The van der Waals surface area contributed by atoms with Crippen molar-refractivity contribution < 1.29 is 4.74 Å². The summed E-state index contributed by atoms with van der Waals surface area (Å²) in [7, 11) is 1.75. The minimum atomic E-state index is 0.560. The van der Waals surface area contributed by atoms with Crippen molar-refractivity contribution in [2.75, 3.05) is 7.11 Å². The van der Waals surface area contributed by atoms with E-state index in [0.717, 1.165) is 18.2 Å². The van der Waals surface area contributed by atoms with Gasteiger partial charge in [0.2, 0.25) is 0 Å². The zero-order valence-corrected chi connectivity index (χ0v) is 13.7. The van der Waals surface area contributed by atoms with Crippen molar-refractivity contribution in [3.05, 3.63) is 29.3 Å². The van der Waals surface area contributed by atoms with Crippen LogP contribution in [-0.2, 0) is 12.8 Å². The maximum atomic E-state index is 5.37. The summed E-state index contributed by atoms with van der Waals surface area (Å²) in [5.74, 6) is 0.994. The van der Waals surface area contributed by atoms with Crippen molar-refractivity contribution in [1.29, 1.82) is 0 Å². The van der Waals surface area contributed by atoms with Crippen LogP contribution in [0.1, 0.15) is 57.1 Å². The molecular weight excluding hydrogens is 258 g/mol. The van der Waals surface area contributed by atoms with Crippen LogP contribution in [0.15, 0.2) is 18.2 Å². The van der Waals surface area contributed by atoms with Crippen LogP contribution in [0.5, 0.6) is 5.75 Å². The molecule has 2 nitrogen and oxygen atoms in total. The predicted octanol–water partition coefficient (Wildman–Crippen LogP) is 4.11. The Morgan fingerprint density at radius 1 is 1.05 bits per heavy atom. The van der Waals surface area contributed by atoms with Gasteiger partial charge in [-0.05, 0) is 73.6 Å². The van der Waals surface area contributed by atoms with Gasteiger partial charge >= 0.3 is 0 Å². The molecule has 0 aromatic heterocycles. The number of nitrogens with one attached hydrogen (secondary N) is 1. The number of hydrogen-bond acceptors (Lipinski definition) is 2. The molecule has 0 spiro atoms. The van der Waals surface area contributed by atoms with Crippen molar-refractivity contribution in [1.82, 2.24) is 5.32 Å². The molecule has 0 bridgehead atoms. The first-order valence-electron chi connectivity index (χ1n) is 8.47. The van der Waals surface area contributed by atoms with Crippen LogP contribution >= 0.6 is 0 Å². The number of rotatable bonds is 3. The zero-order chi connectivity index (χ0) is 14.9. The molecule has 0 radical (unpaired) electrons. The number of fused-ring (bicyclic) bond motifs is 1. The van der Waals surface area contributed by atoms with Crippen LogP contribution in [0.4, 0.5) is 0 Å². The normalized spacial score (nSPS) is 25.4. The summed E-state index contributed by atoms with van der Waals surface area (Å²) in [4.78, 5) is 0. The number of aryl methyl sites for hydroxylation is 1. The highest BCUT2D eigenvalue weighted by Gasteiger charge is 2.29. The summed E-state index contributed by atoms with van der Waals surface area (Å²) in [6.07, 6.45) is 9.05. The van der Waals surface area contributed by atoms with Gasteiger partial charge in [0.1, 0.15) is 5.75 Å². The van der Waals surface area contributed by atoms with Crippen LogP contribution in [0.3, 0.4) is 0 Å². The third-order valence-electron chi connectivity index (χ3n) is 5.45. The van der Waals surface area contributed by atoms with Gasteiger partial charge in [0, 0.05) is 12.1 Å². The summed E-state index contributed by atoms with van der Waals surface area (Å²) < 4.78 is 5.37. The van der Waals surface area contributed by atoms with Crippen LogP contribution < -0.4 is 10.1 Å². The standard InChI is InChI=1S/C19H29NO/c1-19(2)10-8-16(9-11-19)20-17-6-4-14-5-7-18(21-3)13-15(14)12-17/h5,7,13,16-17,20H,4,6,8-12H2,1-3H3. The van der Waals surface area contributed by atoms with Crippen LogP contribution in [0.2, 0.25) is 0 Å². The molecule has 0 heterocycles. The number of methoxy groups -OCH3 is 1. The molecule has 1 aromatic carbocycles. The Labute approximate surface area is 129 Å². The summed E-state index contributed by atoms with van der Waals surface area (Å²) in [6, 6.07) is 7.95. The first-order valence-corrected chi connectivity index (χ1v) is 8.47. The fraction of sp³-hybridized carbons (Fsp3) is 0.684. The minimum absolute atomic E-state index is 0.560. The largest absolute Gasteiger partial charge is 0.497 e. The second-order valence-corrected chi connectivity index (χ2v) is 7.68. The number of hydrogen-bond donors (Lipinski definition) is 1. The van der Waals surface area contributed by atoms with E-state index in [1.807, 2.05) is 0 Å². The molecule has 1 unspecified atom stereocenters. The topological polar surface area (TPSA) is 21.3 Å². The lowest BCUT2D eigenvalue weighted by Crippen LogP contribution is -2.44. The smallest absolute Gasteiger partial charge is 0.119 e. The van der Waals surface area contributed by atoms with E-state index in [1.54, 1.807) is 7.11 Å². The van der Waals surface area contributed by atoms with E-state index in [9.17, 15) is 0 Å². The highest BCUT2D eigenvalue weighted by Crippen LogP contribution is 2.35. The second kappa shape index (κ2) is 6.00. The Bertz CT molecular complexity index is 484. The molecule has 2 aliphatic rings. The highest BCUT2D eigenvalue weighted by molar-refractivity contribution is 5.37. The maximum Gasteiger partial charge on any atom is 0.119 e. The lowest BCUT2D eigenvalue weighted by molar-refractivity contribution is 0.195. The summed E-state index contributed by atoms with van der Waals surface area (Å²) in [6.45, 7) is 4.82. The van der Waals surface area contributed by atoms with E-state index < -0.39 is 0 Å². The first-order chi connectivity index (χ1) is 10.1. The minimum Gasteiger partial charge on any atom is -0.497 e. The fourth-order valence-electron chi connectivity index (χ4n) is 3.90. The molecule has 2 heteroatoms. The molecule has 0 aliphatic heterocycles. The van der Waals surface area contributed by atoms with Gasteiger partial charge in [-0.15, -0.1) is 0 Å². The molecule has 2 aliphatic carbocycles. The van der Waals surface area contributed by atoms with Gasteiger partial charge in [0.15, 0.2) is 0 Å². The fourth-order valence-corrected chi connectivity index (χ4v) is 3.90. The Balaban J connectivity index is 1.59. The van der Waals surface area contributed by atoms with Gasteiger partial charge in [0.25, 0.3) is 0 Å². The quantitative estimate of drug-likeness (QED) is 0.903. The van der Waals surface area contributed by atoms with Gasteiger partial charge in [0.05, 0.1) is 7.11 Å². The van der Waals surface area contributed by atoms with E-state index >= 15 is 0 Å². The molecule has 3 rings (SSSR count). The maximum absolute atomic E-state index is 5.37. The average molecular weight is 287 g/mol. The summed E-state index contributed by atoms with van der Waals surface area (Å²) in [5, 5.41) is 3.93. The summed E-state index contributed by atoms with van der Waals surface area (Å²) >= 11 is 0. The van der Waals surface area contributed by atoms with E-state index in [1.165, 1.54) is 49.7 Å². The first kappa shape index (κ1) is 14.9. The van der Waals surface area contributed by atoms with Crippen LogP contribution in [-0.4, -0.2) is 19.2 Å². The Morgan fingerprint density at radius 2 is 1.81 bits per heavy atom. The molecule has 116 valence electrons. The van der Waals surface area contributed by atoms with Crippen molar-refractivity contribution in [2.45, 2.75) is 70.9 Å². The zero-order valence-electron chi connectivity index (χ0n) is 13.7. The van der Waals surface area contributed by atoms with Gasteiger partial charge in [-0.1, -0.05) is 19.9 Å². The molecular formula is C19H29NO. The Morgan fingerprint density at radius 3 is 2.52 bits per heavy atom. The van der Waals surface area contributed by atoms with Crippen molar-refractivity contribution >= 4 is 0 Å². The predicted molar refractivity (Wildman–Crippen MR) is 88.0 cm³/mol. The Kier molecular flexibility index (Phi) is 4.26. The second-order valence-electron chi connectivity index (χ2n) is 7.68. The van der Waals surface area contributed by atoms with E-state index in [0.29, 0.717) is 11.5 Å². The molecule has 1 fully saturated rings. The van der Waals surface area contributed by atoms with Gasteiger partial charge in [-0.3, -0.25) is 0 Å². The van der Waals surface area contributed by atoms with Gasteiger partial charge in [-0.2, -0.15) is 0 Å². The third-order valence-corrected chi connectivity index (χ3v) is 5.45. The molecule has 0 saturated heterocycles.